The van der Waals surface area contributed by atoms with Crippen molar-refractivity contribution in [2.45, 2.75) is 11.7 Å². The predicted molar refractivity (Wildman–Crippen MR) is 149 cm³/mol. The number of halogens is 1. The summed E-state index contributed by atoms with van der Waals surface area (Å²) in [5.74, 6) is 2.00. The first-order valence-electron chi connectivity index (χ1n) is 11.2. The average Bonchev–Trinajstić information content (AvgIpc) is 3.34. The normalized spacial score (nSPS) is 10.9. The molecule has 0 unspecified atom stereocenters. The molecule has 9 nitrogen and oxygen atoms in total. The van der Waals surface area contributed by atoms with Gasteiger partial charge in [0.25, 0.3) is 5.91 Å². The number of carbonyl (C=O) groups excluding carboxylic acids is 1. The summed E-state index contributed by atoms with van der Waals surface area (Å²) in [7, 11) is 3.22. The standard InChI is InChI=1S/C26H25BrN6O3S/c1-35-22-11-9-20(10-12-22)28-16-24-30-32-26(33(24)21-6-4-3-5-7-21)37-17-25(34)31-29-15-18-14-19(27)8-13-23(18)36-2/h3-15,28H,16-17H2,1-2H3,(H,31,34). The molecule has 11 heteroatoms. The van der Waals surface area contributed by atoms with Crippen molar-refractivity contribution >= 4 is 45.5 Å². The van der Waals surface area contributed by atoms with Crippen LogP contribution in [0, 0.1) is 0 Å². The molecule has 3 aromatic carbocycles. The molecule has 0 spiro atoms. The Balaban J connectivity index is 1.42. The molecule has 0 atom stereocenters. The maximum atomic E-state index is 12.5. The van der Waals surface area contributed by atoms with Crippen molar-refractivity contribution in [3.8, 4) is 17.2 Å². The van der Waals surface area contributed by atoms with Gasteiger partial charge in [-0.3, -0.25) is 9.36 Å². The Morgan fingerprint density at radius 3 is 2.57 bits per heavy atom. The van der Waals surface area contributed by atoms with Crippen LogP contribution in [-0.4, -0.2) is 46.9 Å². The Morgan fingerprint density at radius 1 is 1.05 bits per heavy atom. The Kier molecular flexibility index (Phi) is 9.17. The maximum absolute atomic E-state index is 12.5. The molecule has 1 heterocycles. The Bertz CT molecular complexity index is 1360. The number of carbonyl (C=O) groups is 1. The number of ether oxygens (including phenoxy) is 2. The molecule has 0 aliphatic heterocycles. The van der Waals surface area contributed by atoms with Gasteiger partial charge in [0, 0.05) is 21.4 Å². The molecule has 0 fully saturated rings. The predicted octanol–water partition coefficient (Wildman–Crippen LogP) is 4.90. The van der Waals surface area contributed by atoms with Crippen molar-refractivity contribution in [3.63, 3.8) is 0 Å². The number of amides is 1. The second-order valence-corrected chi connectivity index (χ2v) is 9.48. The molecule has 0 aliphatic carbocycles. The smallest absolute Gasteiger partial charge is 0.250 e. The van der Waals surface area contributed by atoms with Crippen LogP contribution in [0.1, 0.15) is 11.4 Å². The third-order valence-corrected chi connectivity index (χ3v) is 6.59. The van der Waals surface area contributed by atoms with Gasteiger partial charge in [0.1, 0.15) is 11.5 Å². The molecule has 1 amide bonds. The number of hydrogen-bond acceptors (Lipinski definition) is 8. The topological polar surface area (TPSA) is 103 Å². The van der Waals surface area contributed by atoms with E-state index < -0.39 is 0 Å². The number of nitrogens with zero attached hydrogens (tertiary/aromatic N) is 4. The average molecular weight is 581 g/mol. The van der Waals surface area contributed by atoms with Crippen LogP contribution in [0.3, 0.4) is 0 Å². The Labute approximate surface area is 227 Å². The number of hydrogen-bond donors (Lipinski definition) is 2. The summed E-state index contributed by atoms with van der Waals surface area (Å²) in [5, 5.41) is 16.7. The summed E-state index contributed by atoms with van der Waals surface area (Å²) in [6.07, 6.45) is 1.54. The summed E-state index contributed by atoms with van der Waals surface area (Å²) in [6.45, 7) is 0.444. The molecule has 0 aliphatic rings. The Hall–Kier alpha value is -3.83. The van der Waals surface area contributed by atoms with Crippen molar-refractivity contribution in [3.05, 3.63) is 88.7 Å². The van der Waals surface area contributed by atoms with Gasteiger partial charge < -0.3 is 14.8 Å². The SMILES string of the molecule is COc1ccc(NCc2nnc(SCC(=O)NN=Cc3cc(Br)ccc3OC)n2-c2ccccc2)cc1. The van der Waals surface area contributed by atoms with E-state index in [4.69, 9.17) is 9.47 Å². The summed E-state index contributed by atoms with van der Waals surface area (Å²) >= 11 is 4.70. The summed E-state index contributed by atoms with van der Waals surface area (Å²) < 4.78 is 13.4. The number of benzene rings is 3. The fourth-order valence-corrected chi connectivity index (χ4v) is 4.52. The number of para-hydroxylation sites is 1. The van der Waals surface area contributed by atoms with Crippen LogP contribution in [0.25, 0.3) is 5.69 Å². The maximum Gasteiger partial charge on any atom is 0.250 e. The molecule has 0 radical (unpaired) electrons. The van der Waals surface area contributed by atoms with Gasteiger partial charge in [-0.15, -0.1) is 10.2 Å². The first-order valence-corrected chi connectivity index (χ1v) is 13.0. The Morgan fingerprint density at radius 2 is 1.84 bits per heavy atom. The van der Waals surface area contributed by atoms with E-state index in [1.54, 1.807) is 20.4 Å². The van der Waals surface area contributed by atoms with Gasteiger partial charge in [-0.1, -0.05) is 45.9 Å². The highest BCUT2D eigenvalue weighted by molar-refractivity contribution is 9.10. The van der Waals surface area contributed by atoms with Gasteiger partial charge in [0.05, 0.1) is 32.7 Å². The van der Waals surface area contributed by atoms with E-state index in [1.807, 2.05) is 77.4 Å². The van der Waals surface area contributed by atoms with Crippen LogP contribution in [0.4, 0.5) is 5.69 Å². The number of aromatic nitrogens is 3. The van der Waals surface area contributed by atoms with E-state index in [0.717, 1.165) is 27.2 Å². The van der Waals surface area contributed by atoms with Gasteiger partial charge in [-0.25, -0.2) is 5.43 Å². The largest absolute Gasteiger partial charge is 0.497 e. The van der Waals surface area contributed by atoms with Crippen molar-refractivity contribution in [1.29, 1.82) is 0 Å². The second-order valence-electron chi connectivity index (χ2n) is 7.62. The van der Waals surface area contributed by atoms with Crippen LogP contribution >= 0.6 is 27.7 Å². The van der Waals surface area contributed by atoms with E-state index in [9.17, 15) is 4.79 Å². The molecule has 37 heavy (non-hydrogen) atoms. The minimum atomic E-state index is -0.268. The molecule has 4 aromatic rings. The first kappa shape index (κ1) is 26.2. The zero-order valence-electron chi connectivity index (χ0n) is 20.2. The molecule has 0 saturated heterocycles. The van der Waals surface area contributed by atoms with Crippen LogP contribution < -0.4 is 20.2 Å². The minimum absolute atomic E-state index is 0.115. The lowest BCUT2D eigenvalue weighted by molar-refractivity contribution is -0.118. The molecular formula is C26H25BrN6O3S. The highest BCUT2D eigenvalue weighted by Crippen LogP contribution is 2.24. The van der Waals surface area contributed by atoms with E-state index in [-0.39, 0.29) is 11.7 Å². The van der Waals surface area contributed by atoms with E-state index >= 15 is 0 Å². The quantitative estimate of drug-likeness (QED) is 0.148. The van der Waals surface area contributed by atoms with Gasteiger partial charge in [-0.05, 0) is 54.6 Å². The fraction of sp³-hybridized carbons (Fsp3) is 0.154. The van der Waals surface area contributed by atoms with E-state index in [0.29, 0.717) is 23.3 Å². The zero-order valence-corrected chi connectivity index (χ0v) is 22.6. The molecule has 190 valence electrons. The number of thioether (sulfide) groups is 1. The molecular weight excluding hydrogens is 556 g/mol. The second kappa shape index (κ2) is 12.9. The molecule has 0 saturated carbocycles. The highest BCUT2D eigenvalue weighted by atomic mass is 79.9. The van der Waals surface area contributed by atoms with Crippen LogP contribution in [-0.2, 0) is 11.3 Å². The van der Waals surface area contributed by atoms with Crippen molar-refractivity contribution in [2.24, 2.45) is 5.10 Å². The number of methoxy groups -OCH3 is 2. The van der Waals surface area contributed by atoms with Crippen molar-refractivity contribution < 1.29 is 14.3 Å². The third kappa shape index (κ3) is 7.11. The summed E-state index contributed by atoms with van der Waals surface area (Å²) in [5.41, 5.74) is 5.12. The lowest BCUT2D eigenvalue weighted by atomic mass is 10.2. The zero-order chi connectivity index (χ0) is 26.0. The number of anilines is 1. The van der Waals surface area contributed by atoms with Crippen LogP contribution in [0.5, 0.6) is 11.5 Å². The van der Waals surface area contributed by atoms with E-state index in [2.05, 4.69) is 42.0 Å². The van der Waals surface area contributed by atoms with Gasteiger partial charge in [-0.2, -0.15) is 5.10 Å². The van der Waals surface area contributed by atoms with Crippen LogP contribution in [0.2, 0.25) is 0 Å². The number of rotatable bonds is 11. The molecule has 1 aromatic heterocycles. The van der Waals surface area contributed by atoms with Gasteiger partial charge >= 0.3 is 0 Å². The molecule has 4 rings (SSSR count). The molecule has 0 bridgehead atoms. The molecule has 2 N–H and O–H groups in total. The highest BCUT2D eigenvalue weighted by Gasteiger charge is 2.16. The van der Waals surface area contributed by atoms with Crippen LogP contribution in [0.15, 0.2) is 87.5 Å². The fourth-order valence-electron chi connectivity index (χ4n) is 3.38. The van der Waals surface area contributed by atoms with Gasteiger partial charge in [0.2, 0.25) is 0 Å². The lowest BCUT2D eigenvalue weighted by Crippen LogP contribution is -2.20. The first-order chi connectivity index (χ1) is 18.1. The third-order valence-electron chi connectivity index (χ3n) is 5.17. The monoisotopic (exact) mass is 580 g/mol. The number of hydrazone groups is 1. The summed E-state index contributed by atoms with van der Waals surface area (Å²) in [4.78, 5) is 12.5. The minimum Gasteiger partial charge on any atom is -0.497 e. The summed E-state index contributed by atoms with van der Waals surface area (Å²) in [6, 6.07) is 23.0. The van der Waals surface area contributed by atoms with Crippen molar-refractivity contribution in [2.75, 3.05) is 25.3 Å². The number of nitrogens with one attached hydrogen (secondary N) is 2. The van der Waals surface area contributed by atoms with E-state index in [1.165, 1.54) is 11.8 Å². The van der Waals surface area contributed by atoms with Gasteiger partial charge in [0.15, 0.2) is 11.0 Å². The lowest BCUT2D eigenvalue weighted by Gasteiger charge is -2.11. The van der Waals surface area contributed by atoms with Crippen molar-refractivity contribution in [1.82, 2.24) is 20.2 Å².